The summed E-state index contributed by atoms with van der Waals surface area (Å²) in [4.78, 5) is 9.22. The molecule has 0 amide bonds. The first-order chi connectivity index (χ1) is 9.62. The quantitative estimate of drug-likeness (QED) is 0.737. The molecule has 0 saturated heterocycles. The molecule has 0 spiro atoms. The summed E-state index contributed by atoms with van der Waals surface area (Å²) in [6.45, 7) is 6.34. The second kappa shape index (κ2) is 6.44. The Hall–Kier alpha value is -1.29. The molecule has 0 aromatic carbocycles. The number of imidazole rings is 1. The summed E-state index contributed by atoms with van der Waals surface area (Å²) < 4.78 is 7.43. The van der Waals surface area contributed by atoms with Gasteiger partial charge in [-0.3, -0.25) is 0 Å². The van der Waals surface area contributed by atoms with Gasteiger partial charge >= 0.3 is 0 Å². The Labute approximate surface area is 125 Å². The second-order valence-electron chi connectivity index (χ2n) is 5.00. The van der Waals surface area contributed by atoms with E-state index in [1.165, 1.54) is 0 Å². The van der Waals surface area contributed by atoms with Crippen LogP contribution in [-0.4, -0.2) is 21.6 Å². The van der Waals surface area contributed by atoms with Crippen molar-refractivity contribution in [1.29, 1.82) is 0 Å². The van der Waals surface area contributed by atoms with Crippen LogP contribution in [0.2, 0.25) is 0 Å². The van der Waals surface area contributed by atoms with Crippen LogP contribution >= 0.6 is 11.6 Å². The first kappa shape index (κ1) is 15.1. The molecule has 0 saturated carbocycles. The number of halogens is 1. The molecule has 110 valence electrons. The van der Waals surface area contributed by atoms with E-state index in [1.54, 1.807) is 7.11 Å². The van der Waals surface area contributed by atoms with Gasteiger partial charge in [0.1, 0.15) is 11.3 Å². The minimum absolute atomic E-state index is 0.138. The first-order valence-electron chi connectivity index (χ1n) is 7.19. The molecule has 2 aromatic rings. The molecule has 2 atom stereocenters. The van der Waals surface area contributed by atoms with Crippen molar-refractivity contribution in [2.24, 2.45) is 0 Å². The lowest BCUT2D eigenvalue weighted by Crippen LogP contribution is -2.13. The average molecular weight is 296 g/mol. The molecule has 0 N–H and O–H groups in total. The lowest BCUT2D eigenvalue weighted by Gasteiger charge is -2.20. The molecule has 0 aliphatic heterocycles. The molecule has 0 radical (unpaired) electrons. The number of hydrogen-bond acceptors (Lipinski definition) is 3. The van der Waals surface area contributed by atoms with E-state index in [4.69, 9.17) is 16.3 Å². The van der Waals surface area contributed by atoms with Crippen molar-refractivity contribution in [2.45, 2.75) is 51.5 Å². The smallest absolute Gasteiger partial charge is 0.215 e. The van der Waals surface area contributed by atoms with Gasteiger partial charge in [-0.05, 0) is 25.8 Å². The summed E-state index contributed by atoms with van der Waals surface area (Å²) in [5.74, 6) is 1.50. The van der Waals surface area contributed by atoms with E-state index in [2.05, 4.69) is 28.4 Å². The highest BCUT2D eigenvalue weighted by molar-refractivity contribution is 6.20. The number of ether oxygens (including phenoxy) is 1. The van der Waals surface area contributed by atoms with E-state index in [0.29, 0.717) is 11.9 Å². The zero-order valence-electron chi connectivity index (χ0n) is 12.6. The van der Waals surface area contributed by atoms with Crippen molar-refractivity contribution in [2.75, 3.05) is 7.11 Å². The van der Waals surface area contributed by atoms with E-state index in [-0.39, 0.29) is 5.38 Å². The molecule has 2 heterocycles. The van der Waals surface area contributed by atoms with Gasteiger partial charge < -0.3 is 9.30 Å². The van der Waals surface area contributed by atoms with Gasteiger partial charge in [0.05, 0.1) is 12.5 Å². The van der Waals surface area contributed by atoms with Crippen molar-refractivity contribution in [3.63, 3.8) is 0 Å². The van der Waals surface area contributed by atoms with E-state index < -0.39 is 0 Å². The molecule has 2 rings (SSSR count). The fraction of sp³-hybridized carbons (Fsp3) is 0.600. The summed E-state index contributed by atoms with van der Waals surface area (Å²) in [5, 5.41) is -0.138. The number of hydrogen-bond donors (Lipinski definition) is 0. The topological polar surface area (TPSA) is 39.9 Å². The van der Waals surface area contributed by atoms with Crippen LogP contribution in [0.25, 0.3) is 11.2 Å². The summed E-state index contributed by atoms with van der Waals surface area (Å²) in [7, 11) is 1.63. The Morgan fingerprint density at radius 1 is 1.30 bits per heavy atom. The molecule has 2 aromatic heterocycles. The maximum atomic E-state index is 6.31. The van der Waals surface area contributed by atoms with Crippen LogP contribution in [0.1, 0.15) is 57.3 Å². The lowest BCUT2D eigenvalue weighted by molar-refractivity contribution is 0.396. The predicted molar refractivity (Wildman–Crippen MR) is 82.6 cm³/mol. The van der Waals surface area contributed by atoms with Crippen molar-refractivity contribution >= 4 is 22.8 Å². The minimum atomic E-state index is -0.138. The third-order valence-corrected chi connectivity index (χ3v) is 3.76. The minimum Gasteiger partial charge on any atom is -0.481 e. The van der Waals surface area contributed by atoms with Crippen molar-refractivity contribution in [3.8, 4) is 5.88 Å². The van der Waals surface area contributed by atoms with Crippen LogP contribution in [0.3, 0.4) is 0 Å². The average Bonchev–Trinajstić information content (AvgIpc) is 2.83. The number of aromatic nitrogens is 3. The van der Waals surface area contributed by atoms with Gasteiger partial charge in [0, 0.05) is 12.1 Å². The van der Waals surface area contributed by atoms with E-state index in [1.807, 2.05) is 19.1 Å². The van der Waals surface area contributed by atoms with E-state index >= 15 is 0 Å². The van der Waals surface area contributed by atoms with Crippen LogP contribution in [-0.2, 0) is 0 Å². The Morgan fingerprint density at radius 3 is 2.60 bits per heavy atom. The van der Waals surface area contributed by atoms with E-state index in [9.17, 15) is 0 Å². The van der Waals surface area contributed by atoms with Gasteiger partial charge in [0.25, 0.3) is 0 Å². The van der Waals surface area contributed by atoms with E-state index in [0.717, 1.165) is 36.3 Å². The zero-order valence-corrected chi connectivity index (χ0v) is 13.3. The predicted octanol–water partition coefficient (Wildman–Crippen LogP) is 4.49. The number of methoxy groups -OCH3 is 1. The highest BCUT2D eigenvalue weighted by atomic mass is 35.5. The van der Waals surface area contributed by atoms with Gasteiger partial charge in [-0.25, -0.2) is 4.98 Å². The Morgan fingerprint density at radius 2 is 2.05 bits per heavy atom. The standard InChI is InChI=1S/C15H22ClN3O/c1-5-7-11(6-2)19-14(10(3)16)17-12-8-9-13(20-4)18-15(12)19/h8-11H,5-7H2,1-4H3. The van der Waals surface area contributed by atoms with Gasteiger partial charge in [0.15, 0.2) is 5.65 Å². The lowest BCUT2D eigenvalue weighted by atomic mass is 10.1. The summed E-state index contributed by atoms with van der Waals surface area (Å²) in [6, 6.07) is 4.16. The summed E-state index contributed by atoms with van der Waals surface area (Å²) >= 11 is 6.31. The molecule has 2 unspecified atom stereocenters. The first-order valence-corrected chi connectivity index (χ1v) is 7.62. The van der Waals surface area contributed by atoms with Crippen molar-refractivity contribution in [3.05, 3.63) is 18.0 Å². The van der Waals surface area contributed by atoms with Gasteiger partial charge in [-0.1, -0.05) is 20.3 Å². The van der Waals surface area contributed by atoms with Crippen LogP contribution < -0.4 is 4.74 Å². The molecule has 20 heavy (non-hydrogen) atoms. The zero-order chi connectivity index (χ0) is 14.7. The fourth-order valence-corrected chi connectivity index (χ4v) is 2.73. The SMILES string of the molecule is CCCC(CC)n1c(C(C)Cl)nc2ccc(OC)nc21. The van der Waals surface area contributed by atoms with Crippen LogP contribution in [0.5, 0.6) is 5.88 Å². The third kappa shape index (κ3) is 2.75. The highest BCUT2D eigenvalue weighted by Gasteiger charge is 2.21. The molecule has 0 bridgehead atoms. The molecular formula is C15H22ClN3O. The second-order valence-corrected chi connectivity index (χ2v) is 5.66. The Kier molecular flexibility index (Phi) is 4.86. The van der Waals surface area contributed by atoms with Crippen LogP contribution in [0.4, 0.5) is 0 Å². The van der Waals surface area contributed by atoms with Crippen LogP contribution in [0.15, 0.2) is 12.1 Å². The summed E-state index contributed by atoms with van der Waals surface area (Å²) in [5.41, 5.74) is 1.75. The Bertz CT molecular complexity index is 580. The number of pyridine rings is 1. The molecular weight excluding hydrogens is 274 g/mol. The monoisotopic (exact) mass is 295 g/mol. The van der Waals surface area contributed by atoms with Gasteiger partial charge in [0.2, 0.25) is 5.88 Å². The third-order valence-electron chi connectivity index (χ3n) is 3.56. The normalized spacial score (nSPS) is 14.4. The Balaban J connectivity index is 2.65. The van der Waals surface area contributed by atoms with Crippen molar-refractivity contribution < 1.29 is 4.74 Å². The maximum absolute atomic E-state index is 6.31. The maximum Gasteiger partial charge on any atom is 0.215 e. The number of nitrogens with zero attached hydrogens (tertiary/aromatic N) is 3. The fourth-order valence-electron chi connectivity index (χ4n) is 2.58. The number of rotatable bonds is 6. The molecule has 5 heteroatoms. The van der Waals surface area contributed by atoms with Crippen molar-refractivity contribution in [1.82, 2.24) is 14.5 Å². The van der Waals surface area contributed by atoms with Gasteiger partial charge in [-0.15, -0.1) is 11.6 Å². The number of fused-ring (bicyclic) bond motifs is 1. The molecule has 0 aliphatic rings. The summed E-state index contributed by atoms with van der Waals surface area (Å²) in [6.07, 6.45) is 3.25. The molecule has 0 aliphatic carbocycles. The largest absolute Gasteiger partial charge is 0.481 e. The van der Waals surface area contributed by atoms with Crippen LogP contribution in [0, 0.1) is 0 Å². The molecule has 4 nitrogen and oxygen atoms in total. The van der Waals surface area contributed by atoms with Gasteiger partial charge in [-0.2, -0.15) is 4.98 Å². The number of alkyl halides is 1. The molecule has 0 fully saturated rings. The highest BCUT2D eigenvalue weighted by Crippen LogP contribution is 2.31.